The van der Waals surface area contributed by atoms with Crippen LogP contribution >= 0.6 is 0 Å². The second-order valence-corrected chi connectivity index (χ2v) is 7.95. The Hall–Kier alpha value is -4.65. The highest BCUT2D eigenvalue weighted by molar-refractivity contribution is 5.95. The molecule has 5 aromatic rings. The standard InChI is InChI=1S/C28H23N3O4/c1-34-24-15-7-3-10-20(24)17-31-23-14-6-5-13-22(23)27(28(31)33)30-29-26(32)18-35-25-16-8-11-19-9-2-4-12-21(19)25/h2-16,33H,17-18H2,1H3. The number of amides is 1. The van der Waals surface area contributed by atoms with Crippen molar-refractivity contribution in [2.75, 3.05) is 13.7 Å². The number of benzene rings is 4. The molecule has 1 aromatic heterocycles. The summed E-state index contributed by atoms with van der Waals surface area (Å²) < 4.78 is 12.9. The quantitative estimate of drug-likeness (QED) is 0.288. The third-order valence-electron chi connectivity index (χ3n) is 5.80. The van der Waals surface area contributed by atoms with Gasteiger partial charge in [0.2, 0.25) is 5.88 Å². The normalized spacial score (nSPS) is 11.3. The fourth-order valence-electron chi connectivity index (χ4n) is 4.13. The predicted octanol–water partition coefficient (Wildman–Crippen LogP) is 6.25. The summed E-state index contributed by atoms with van der Waals surface area (Å²) in [6, 6.07) is 28.5. The average molecular weight is 466 g/mol. The third kappa shape index (κ3) is 4.44. The number of hydrogen-bond donors (Lipinski definition) is 1. The van der Waals surface area contributed by atoms with Crippen molar-refractivity contribution in [1.29, 1.82) is 0 Å². The molecule has 0 aliphatic heterocycles. The van der Waals surface area contributed by atoms with Crippen molar-refractivity contribution in [2.24, 2.45) is 10.2 Å². The van der Waals surface area contributed by atoms with Gasteiger partial charge in [-0.15, -0.1) is 10.2 Å². The maximum Gasteiger partial charge on any atom is 0.302 e. The van der Waals surface area contributed by atoms with Crippen LogP contribution in [0.2, 0.25) is 0 Å². The molecule has 35 heavy (non-hydrogen) atoms. The van der Waals surface area contributed by atoms with Crippen molar-refractivity contribution < 1.29 is 19.4 Å². The third-order valence-corrected chi connectivity index (χ3v) is 5.80. The maximum atomic E-state index is 12.5. The van der Waals surface area contributed by atoms with Crippen LogP contribution in [0.25, 0.3) is 21.7 Å². The molecule has 0 fully saturated rings. The molecular formula is C28H23N3O4. The highest BCUT2D eigenvalue weighted by atomic mass is 16.5. The van der Waals surface area contributed by atoms with Gasteiger partial charge < -0.3 is 19.1 Å². The Labute approximate surface area is 201 Å². The lowest BCUT2D eigenvalue weighted by Gasteiger charge is -2.11. The smallest absolute Gasteiger partial charge is 0.302 e. The number of methoxy groups -OCH3 is 1. The molecule has 0 aliphatic rings. The van der Waals surface area contributed by atoms with Crippen molar-refractivity contribution in [3.63, 3.8) is 0 Å². The highest BCUT2D eigenvalue weighted by Gasteiger charge is 2.18. The molecule has 1 heterocycles. The SMILES string of the molecule is COc1ccccc1Cn1c(O)c(N=NC(=O)COc2cccc3ccccc23)c2ccccc21. The van der Waals surface area contributed by atoms with Crippen molar-refractivity contribution in [3.05, 3.63) is 96.6 Å². The first kappa shape index (κ1) is 22.2. The van der Waals surface area contributed by atoms with Gasteiger partial charge in [-0.1, -0.05) is 72.8 Å². The Morgan fingerprint density at radius 3 is 2.40 bits per heavy atom. The number of rotatable bonds is 7. The minimum Gasteiger partial charge on any atom is -0.496 e. The van der Waals surface area contributed by atoms with Crippen LogP contribution in [0.5, 0.6) is 17.4 Å². The monoisotopic (exact) mass is 465 g/mol. The van der Waals surface area contributed by atoms with E-state index in [1.807, 2.05) is 91.0 Å². The second kappa shape index (κ2) is 9.69. The molecule has 0 aliphatic carbocycles. The molecule has 0 spiro atoms. The number of carbonyl (C=O) groups is 1. The van der Waals surface area contributed by atoms with Gasteiger partial charge in [-0.3, -0.25) is 4.79 Å². The summed E-state index contributed by atoms with van der Waals surface area (Å²) in [5.74, 6) is 0.680. The molecule has 174 valence electrons. The van der Waals surface area contributed by atoms with E-state index in [4.69, 9.17) is 9.47 Å². The molecule has 7 nitrogen and oxygen atoms in total. The van der Waals surface area contributed by atoms with Crippen LogP contribution in [0.4, 0.5) is 5.69 Å². The Bertz CT molecular complexity index is 1550. The Balaban J connectivity index is 1.39. The molecule has 0 saturated heterocycles. The molecule has 1 N–H and O–H groups in total. The van der Waals surface area contributed by atoms with Crippen LogP contribution in [0.15, 0.2) is 101 Å². The summed E-state index contributed by atoms with van der Waals surface area (Å²) in [6.45, 7) is 0.0993. The van der Waals surface area contributed by atoms with Crippen LogP contribution in [0.1, 0.15) is 5.56 Å². The van der Waals surface area contributed by atoms with Crippen LogP contribution in [0, 0.1) is 0 Å². The lowest BCUT2D eigenvalue weighted by molar-refractivity contribution is -0.120. The van der Waals surface area contributed by atoms with Crippen molar-refractivity contribution in [3.8, 4) is 17.4 Å². The fourth-order valence-corrected chi connectivity index (χ4v) is 4.13. The number of aromatic nitrogens is 1. The van der Waals surface area contributed by atoms with Gasteiger partial charge in [0, 0.05) is 16.3 Å². The van der Waals surface area contributed by atoms with E-state index in [1.54, 1.807) is 11.7 Å². The zero-order valence-corrected chi connectivity index (χ0v) is 19.1. The molecule has 0 radical (unpaired) electrons. The molecule has 1 amide bonds. The van der Waals surface area contributed by atoms with Gasteiger partial charge in [0.05, 0.1) is 19.2 Å². The van der Waals surface area contributed by atoms with E-state index in [-0.39, 0.29) is 18.2 Å². The van der Waals surface area contributed by atoms with Gasteiger partial charge in [0.25, 0.3) is 0 Å². The summed E-state index contributed by atoms with van der Waals surface area (Å²) in [5, 5.41) is 21.5. The van der Waals surface area contributed by atoms with Gasteiger partial charge in [0.15, 0.2) is 12.3 Å². The number of fused-ring (bicyclic) bond motifs is 2. The van der Waals surface area contributed by atoms with E-state index >= 15 is 0 Å². The number of aromatic hydroxyl groups is 1. The van der Waals surface area contributed by atoms with E-state index in [0.29, 0.717) is 23.4 Å². The van der Waals surface area contributed by atoms with Gasteiger partial charge in [-0.2, -0.15) is 0 Å². The Morgan fingerprint density at radius 1 is 0.857 bits per heavy atom. The van der Waals surface area contributed by atoms with Crippen molar-refractivity contribution in [1.82, 2.24) is 4.57 Å². The summed E-state index contributed by atoms with van der Waals surface area (Å²) in [5.41, 5.74) is 1.90. The van der Waals surface area contributed by atoms with E-state index in [0.717, 1.165) is 21.9 Å². The lowest BCUT2D eigenvalue weighted by atomic mass is 10.1. The number of carbonyl (C=O) groups excluding carboxylic acids is 1. The van der Waals surface area contributed by atoms with E-state index < -0.39 is 5.91 Å². The van der Waals surface area contributed by atoms with Crippen LogP contribution in [0.3, 0.4) is 0 Å². The Kier molecular flexibility index (Phi) is 6.13. The van der Waals surface area contributed by atoms with E-state index in [9.17, 15) is 9.90 Å². The number of ether oxygens (including phenoxy) is 2. The largest absolute Gasteiger partial charge is 0.496 e. The lowest BCUT2D eigenvalue weighted by Crippen LogP contribution is -2.08. The first-order chi connectivity index (χ1) is 17.2. The zero-order valence-electron chi connectivity index (χ0n) is 19.1. The van der Waals surface area contributed by atoms with Gasteiger partial charge >= 0.3 is 5.91 Å². The molecular weight excluding hydrogens is 442 g/mol. The molecule has 0 saturated carbocycles. The van der Waals surface area contributed by atoms with E-state index in [1.165, 1.54) is 0 Å². The first-order valence-corrected chi connectivity index (χ1v) is 11.1. The zero-order chi connectivity index (χ0) is 24.2. The minimum absolute atomic E-state index is 0.0800. The summed E-state index contributed by atoms with van der Waals surface area (Å²) in [6.07, 6.45) is 0. The molecule has 5 rings (SSSR count). The maximum absolute atomic E-state index is 12.5. The van der Waals surface area contributed by atoms with Gasteiger partial charge in [-0.25, -0.2) is 0 Å². The summed E-state index contributed by atoms with van der Waals surface area (Å²) in [7, 11) is 1.61. The Morgan fingerprint density at radius 2 is 1.54 bits per heavy atom. The predicted molar refractivity (Wildman–Crippen MR) is 135 cm³/mol. The summed E-state index contributed by atoms with van der Waals surface area (Å²) >= 11 is 0. The average Bonchev–Trinajstić information content (AvgIpc) is 3.17. The van der Waals surface area contributed by atoms with Crippen LogP contribution in [-0.2, 0) is 11.3 Å². The minimum atomic E-state index is -0.557. The van der Waals surface area contributed by atoms with Gasteiger partial charge in [0.1, 0.15) is 11.5 Å². The number of azo groups is 1. The number of nitrogens with zero attached hydrogens (tertiary/aromatic N) is 3. The first-order valence-electron chi connectivity index (χ1n) is 11.1. The number of para-hydroxylation sites is 2. The van der Waals surface area contributed by atoms with Crippen LogP contribution < -0.4 is 9.47 Å². The van der Waals surface area contributed by atoms with Crippen molar-refractivity contribution in [2.45, 2.75) is 6.54 Å². The van der Waals surface area contributed by atoms with Gasteiger partial charge in [-0.05, 0) is 23.6 Å². The molecule has 0 atom stereocenters. The number of hydrogen-bond acceptors (Lipinski definition) is 5. The second-order valence-electron chi connectivity index (χ2n) is 7.95. The molecule has 0 bridgehead atoms. The van der Waals surface area contributed by atoms with Crippen LogP contribution in [-0.4, -0.2) is 29.3 Å². The van der Waals surface area contributed by atoms with E-state index in [2.05, 4.69) is 10.2 Å². The summed E-state index contributed by atoms with van der Waals surface area (Å²) in [4.78, 5) is 12.5. The fraction of sp³-hybridized carbons (Fsp3) is 0.107. The molecule has 7 heteroatoms. The molecule has 0 unspecified atom stereocenters. The van der Waals surface area contributed by atoms with Crippen molar-refractivity contribution >= 4 is 33.3 Å². The molecule has 4 aromatic carbocycles. The highest BCUT2D eigenvalue weighted by Crippen LogP contribution is 2.39. The topological polar surface area (TPSA) is 85.4 Å².